The van der Waals surface area contributed by atoms with E-state index in [0.29, 0.717) is 0 Å². The lowest BCUT2D eigenvalue weighted by molar-refractivity contribution is -0.907. The second-order valence-electron chi connectivity index (χ2n) is 1.30. The van der Waals surface area contributed by atoms with Gasteiger partial charge in [0.05, 0.1) is 6.61 Å². The Morgan fingerprint density at radius 1 is 1.30 bits per heavy atom. The van der Waals surface area contributed by atoms with Gasteiger partial charge in [0.25, 0.3) is 0 Å². The molecule has 0 spiro atoms. The van der Waals surface area contributed by atoms with Gasteiger partial charge < -0.3 is 5.11 Å². The van der Waals surface area contributed by atoms with Crippen LogP contribution in [0.3, 0.4) is 0 Å². The highest BCUT2D eigenvalue weighted by molar-refractivity contribution is 4.25. The van der Waals surface area contributed by atoms with Crippen molar-refractivity contribution < 1.29 is 15.2 Å². The van der Waals surface area contributed by atoms with Crippen molar-refractivity contribution in [2.24, 2.45) is 0 Å². The molecule has 0 rings (SSSR count). The summed E-state index contributed by atoms with van der Waals surface area (Å²) < 4.78 is 0. The Bertz CT molecular complexity index is 132. The molecular weight excluding hydrogens is 146 g/mol. The van der Waals surface area contributed by atoms with Crippen molar-refractivity contribution >= 4 is 0 Å². The molecule has 8 nitrogen and oxygen atoms in total. The van der Waals surface area contributed by atoms with Gasteiger partial charge in [0, 0.05) is 0 Å². The standard InChI is InChI=1S/C2H5N3O5/c6-2-1-3(4(7)8)5(9)10/h6H,1-2H2. The molecule has 0 saturated heterocycles. The third kappa shape index (κ3) is 2.22. The third-order valence-electron chi connectivity index (χ3n) is 0.677. The smallest absolute Gasteiger partial charge is 0.222 e. The number of hydrazine groups is 2. The fraction of sp³-hybridized carbons (Fsp3) is 1.00. The van der Waals surface area contributed by atoms with Gasteiger partial charge in [0.2, 0.25) is 10.1 Å². The fourth-order valence-corrected chi connectivity index (χ4v) is 0.312. The maximum absolute atomic E-state index is 9.71. The number of nitrogens with zero attached hydrogens (tertiary/aromatic N) is 3. The molecular formula is C2H5N3O5. The van der Waals surface area contributed by atoms with Gasteiger partial charge in [-0.2, -0.15) is 0 Å². The van der Waals surface area contributed by atoms with E-state index in [-0.39, 0.29) is 5.12 Å². The Morgan fingerprint density at radius 3 is 1.80 bits per heavy atom. The van der Waals surface area contributed by atoms with E-state index in [4.69, 9.17) is 5.11 Å². The lowest BCUT2D eigenvalue weighted by atomic mass is 10.7. The third-order valence-corrected chi connectivity index (χ3v) is 0.677. The van der Waals surface area contributed by atoms with Gasteiger partial charge in [-0.15, -0.1) is 0 Å². The van der Waals surface area contributed by atoms with E-state index in [2.05, 4.69) is 0 Å². The summed E-state index contributed by atoms with van der Waals surface area (Å²) in [6, 6.07) is 0. The molecule has 58 valence electrons. The summed E-state index contributed by atoms with van der Waals surface area (Å²) in [4.78, 5) is 19.4. The Morgan fingerprint density at radius 2 is 1.70 bits per heavy atom. The minimum Gasteiger partial charge on any atom is -0.394 e. The molecule has 0 aromatic rings. The average Bonchev–Trinajstić information content (AvgIpc) is 1.81. The average molecular weight is 151 g/mol. The number of nitro groups is 2. The first-order valence-electron chi connectivity index (χ1n) is 2.26. The van der Waals surface area contributed by atoms with Gasteiger partial charge in [0.15, 0.2) is 11.7 Å². The van der Waals surface area contributed by atoms with E-state index in [1.165, 1.54) is 0 Å². The van der Waals surface area contributed by atoms with E-state index < -0.39 is 23.2 Å². The lowest BCUT2D eigenvalue weighted by Crippen LogP contribution is -2.37. The number of hydrogen-bond donors (Lipinski definition) is 1. The molecule has 0 radical (unpaired) electrons. The number of aliphatic hydroxyl groups is 1. The quantitative estimate of drug-likeness (QED) is 0.393. The minimum atomic E-state index is -1.20. The van der Waals surface area contributed by atoms with Crippen molar-refractivity contribution in [1.82, 2.24) is 5.12 Å². The van der Waals surface area contributed by atoms with Crippen LogP contribution in [0.25, 0.3) is 0 Å². The number of aliphatic hydroxyl groups excluding tert-OH is 1. The van der Waals surface area contributed by atoms with Crippen molar-refractivity contribution in [3.8, 4) is 0 Å². The van der Waals surface area contributed by atoms with Crippen LogP contribution in [-0.4, -0.2) is 33.4 Å². The van der Waals surface area contributed by atoms with Gasteiger partial charge >= 0.3 is 0 Å². The summed E-state index contributed by atoms with van der Waals surface area (Å²) in [5, 5.41) is 24.8. The van der Waals surface area contributed by atoms with Crippen LogP contribution in [0.1, 0.15) is 0 Å². The lowest BCUT2D eigenvalue weighted by Gasteiger charge is -1.99. The number of hydrogen-bond acceptors (Lipinski definition) is 5. The Hall–Kier alpha value is -1.44. The molecule has 0 aromatic heterocycles. The summed E-state index contributed by atoms with van der Waals surface area (Å²) >= 11 is 0. The van der Waals surface area contributed by atoms with Crippen LogP contribution in [0.2, 0.25) is 0 Å². The zero-order valence-corrected chi connectivity index (χ0v) is 4.84. The Kier molecular flexibility index (Phi) is 3.05. The molecule has 0 fully saturated rings. The highest BCUT2D eigenvalue weighted by Gasteiger charge is 2.25. The van der Waals surface area contributed by atoms with Gasteiger partial charge in [0.1, 0.15) is 0 Å². The molecule has 1 N–H and O–H groups in total. The van der Waals surface area contributed by atoms with Gasteiger partial charge in [-0.25, -0.2) is 20.2 Å². The minimum absolute atomic E-state index is 0.292. The molecule has 0 aliphatic rings. The zero-order chi connectivity index (χ0) is 8.15. The molecule has 0 unspecified atom stereocenters. The SMILES string of the molecule is O=[N+]([O-])N(CCO)[N+](=O)[O-]. The monoisotopic (exact) mass is 151 g/mol. The maximum atomic E-state index is 9.71. The topological polar surface area (TPSA) is 110 Å². The Balaban J connectivity index is 3.98. The van der Waals surface area contributed by atoms with Crippen LogP contribution in [0, 0.1) is 20.2 Å². The molecule has 0 aromatic carbocycles. The van der Waals surface area contributed by atoms with Gasteiger partial charge in [-0.3, -0.25) is 0 Å². The van der Waals surface area contributed by atoms with E-state index in [1.807, 2.05) is 0 Å². The predicted octanol–water partition coefficient (Wildman–Crippen LogP) is -1.34. The van der Waals surface area contributed by atoms with Crippen LogP contribution in [0.15, 0.2) is 0 Å². The summed E-state index contributed by atoms with van der Waals surface area (Å²) in [6.45, 7) is -1.23. The van der Waals surface area contributed by atoms with Crippen LogP contribution >= 0.6 is 0 Å². The van der Waals surface area contributed by atoms with Crippen LogP contribution in [-0.2, 0) is 0 Å². The van der Waals surface area contributed by atoms with E-state index in [1.54, 1.807) is 0 Å². The zero-order valence-electron chi connectivity index (χ0n) is 4.84. The first-order valence-corrected chi connectivity index (χ1v) is 2.26. The Labute approximate surface area is 54.9 Å². The highest BCUT2D eigenvalue weighted by Crippen LogP contribution is 1.86. The largest absolute Gasteiger partial charge is 0.394 e. The van der Waals surface area contributed by atoms with Crippen LogP contribution in [0.4, 0.5) is 0 Å². The summed E-state index contributed by atoms with van der Waals surface area (Å²) in [7, 11) is 0. The molecule has 0 saturated carbocycles. The van der Waals surface area contributed by atoms with Crippen molar-refractivity contribution in [1.29, 1.82) is 0 Å². The van der Waals surface area contributed by atoms with Crippen molar-refractivity contribution in [3.63, 3.8) is 0 Å². The van der Waals surface area contributed by atoms with E-state index in [0.717, 1.165) is 0 Å². The van der Waals surface area contributed by atoms with Crippen LogP contribution in [0.5, 0.6) is 0 Å². The first-order chi connectivity index (χ1) is 4.59. The van der Waals surface area contributed by atoms with Crippen molar-refractivity contribution in [2.75, 3.05) is 13.2 Å². The molecule has 0 bridgehead atoms. The number of rotatable bonds is 4. The first kappa shape index (κ1) is 8.56. The van der Waals surface area contributed by atoms with Gasteiger partial charge in [-0.05, 0) is 0 Å². The van der Waals surface area contributed by atoms with E-state index in [9.17, 15) is 20.2 Å². The van der Waals surface area contributed by atoms with Crippen molar-refractivity contribution in [2.45, 2.75) is 0 Å². The predicted molar refractivity (Wildman–Crippen MR) is 27.8 cm³/mol. The molecule has 0 aliphatic heterocycles. The second-order valence-corrected chi connectivity index (χ2v) is 1.30. The molecule has 0 atom stereocenters. The highest BCUT2D eigenvalue weighted by atomic mass is 16.8. The molecule has 10 heavy (non-hydrogen) atoms. The molecule has 0 aliphatic carbocycles. The van der Waals surface area contributed by atoms with E-state index >= 15 is 0 Å². The summed E-state index contributed by atoms with van der Waals surface area (Å²) in [5.41, 5.74) is 0. The van der Waals surface area contributed by atoms with Crippen molar-refractivity contribution in [3.05, 3.63) is 20.2 Å². The molecule has 0 amide bonds. The molecule has 0 heterocycles. The fourth-order valence-electron chi connectivity index (χ4n) is 0.312. The van der Waals surface area contributed by atoms with Gasteiger partial charge in [-0.1, -0.05) is 0 Å². The second kappa shape index (κ2) is 3.56. The molecule has 8 heteroatoms. The summed E-state index contributed by atoms with van der Waals surface area (Å²) in [5.74, 6) is 0. The normalized spacial score (nSPS) is 8.90. The van der Waals surface area contributed by atoms with Crippen LogP contribution < -0.4 is 0 Å². The maximum Gasteiger partial charge on any atom is 0.222 e. The summed E-state index contributed by atoms with van der Waals surface area (Å²) in [6.07, 6.45) is 0.